The van der Waals surface area contributed by atoms with E-state index in [2.05, 4.69) is 29.6 Å². The fourth-order valence-electron chi connectivity index (χ4n) is 4.67. The summed E-state index contributed by atoms with van der Waals surface area (Å²) in [6, 6.07) is 14.4. The molecule has 4 rings (SSSR count). The van der Waals surface area contributed by atoms with Gasteiger partial charge in [-0.2, -0.15) is 0 Å². The molecule has 1 N–H and O–H groups in total. The van der Waals surface area contributed by atoms with Crippen molar-refractivity contribution in [2.45, 2.75) is 32.1 Å². The van der Waals surface area contributed by atoms with Gasteiger partial charge >= 0.3 is 0 Å². The lowest BCUT2D eigenvalue weighted by atomic mass is 10.0. The van der Waals surface area contributed by atoms with Crippen molar-refractivity contribution in [3.63, 3.8) is 0 Å². The molecule has 6 nitrogen and oxygen atoms in total. The molecule has 2 aromatic carbocycles. The van der Waals surface area contributed by atoms with Gasteiger partial charge in [-0.15, -0.1) is 0 Å². The monoisotopic (exact) mass is 453 g/mol. The van der Waals surface area contributed by atoms with Crippen molar-refractivity contribution in [1.82, 2.24) is 15.3 Å². The minimum absolute atomic E-state index is 0.171. The smallest absolute Gasteiger partial charge is 0.241 e. The fraction of sp³-hybridized carbons (Fsp3) is 0.440. The highest BCUT2D eigenvalue weighted by molar-refractivity contribution is 7.80. The first-order valence-corrected chi connectivity index (χ1v) is 11.6. The van der Waals surface area contributed by atoms with Crippen LogP contribution in [0.1, 0.15) is 29.5 Å². The molecule has 0 atom stereocenters. The Labute approximate surface area is 195 Å². The Bertz CT molecular complexity index is 956. The van der Waals surface area contributed by atoms with Gasteiger partial charge in [0.05, 0.1) is 14.2 Å². The molecule has 1 aliphatic heterocycles. The lowest BCUT2D eigenvalue weighted by molar-refractivity contribution is -0.139. The second kappa shape index (κ2) is 10.2. The van der Waals surface area contributed by atoms with Gasteiger partial charge in [0, 0.05) is 26.1 Å². The van der Waals surface area contributed by atoms with E-state index < -0.39 is 0 Å². The van der Waals surface area contributed by atoms with Crippen LogP contribution in [0.3, 0.4) is 0 Å². The number of benzene rings is 2. The number of rotatable bonds is 7. The summed E-state index contributed by atoms with van der Waals surface area (Å²) in [5, 5.41) is 7.72. The minimum atomic E-state index is 0.171. The molecule has 0 saturated carbocycles. The van der Waals surface area contributed by atoms with Gasteiger partial charge in [0.1, 0.15) is 0 Å². The Hall–Kier alpha value is -2.80. The van der Waals surface area contributed by atoms with E-state index >= 15 is 0 Å². The summed E-state index contributed by atoms with van der Waals surface area (Å²) in [4.78, 5) is 13.1. The number of fused-ring (bicyclic) bond motifs is 1. The zero-order valence-corrected chi connectivity index (χ0v) is 19.6. The summed E-state index contributed by atoms with van der Waals surface area (Å²) < 4.78 is 10.7. The van der Waals surface area contributed by atoms with E-state index in [1.54, 1.807) is 14.2 Å². The van der Waals surface area contributed by atoms with Crippen molar-refractivity contribution in [1.29, 1.82) is 0 Å². The third-order valence-electron chi connectivity index (χ3n) is 6.29. The second-order valence-electron chi connectivity index (χ2n) is 8.41. The molecule has 170 valence electrons. The zero-order valence-electron chi connectivity index (χ0n) is 18.8. The van der Waals surface area contributed by atoms with Gasteiger partial charge in [-0.05, 0) is 72.6 Å². The number of nitrogens with zero attached hydrogens (tertiary/aromatic N) is 2. The largest absolute Gasteiger partial charge is 0.493 e. The molecule has 1 amide bonds. The van der Waals surface area contributed by atoms with Crippen LogP contribution in [0.15, 0.2) is 42.5 Å². The summed E-state index contributed by atoms with van der Waals surface area (Å²) in [5.41, 5.74) is 3.90. The predicted molar refractivity (Wildman–Crippen MR) is 129 cm³/mol. The number of hydrogen-bond donors (Lipinski definition) is 1. The Kier molecular flexibility index (Phi) is 7.15. The van der Waals surface area contributed by atoms with E-state index in [1.807, 2.05) is 28.2 Å². The van der Waals surface area contributed by atoms with E-state index in [0.717, 1.165) is 55.8 Å². The topological polar surface area (TPSA) is 54.0 Å². The van der Waals surface area contributed by atoms with Crippen LogP contribution in [0, 0.1) is 5.92 Å². The van der Waals surface area contributed by atoms with Crippen LogP contribution in [0.25, 0.3) is 0 Å². The molecule has 0 bridgehead atoms. The summed E-state index contributed by atoms with van der Waals surface area (Å²) in [6.45, 7) is 2.19. The average Bonchev–Trinajstić information content (AvgIpc) is 3.45. The summed E-state index contributed by atoms with van der Waals surface area (Å²) in [5.74, 6) is 1.99. The highest BCUT2D eigenvalue weighted by atomic mass is 32.1. The van der Waals surface area contributed by atoms with Crippen LogP contribution >= 0.6 is 12.2 Å². The van der Waals surface area contributed by atoms with Crippen LogP contribution in [-0.4, -0.2) is 54.9 Å². The highest BCUT2D eigenvalue weighted by Gasteiger charge is 2.31. The van der Waals surface area contributed by atoms with Crippen molar-refractivity contribution < 1.29 is 14.3 Å². The minimum Gasteiger partial charge on any atom is -0.493 e. The van der Waals surface area contributed by atoms with Gasteiger partial charge in [-0.1, -0.05) is 30.3 Å². The number of nitrogens with one attached hydrogen (secondary N) is 1. The normalized spacial score (nSPS) is 15.6. The Morgan fingerprint density at radius 2 is 1.72 bits per heavy atom. The molecule has 7 heteroatoms. The van der Waals surface area contributed by atoms with Gasteiger partial charge in [0.15, 0.2) is 16.6 Å². The standard InChI is InChI=1S/C25H31N3O3S/c1-30-22-9-8-18(16-23(22)31-2)10-11-26-25(32)28-13-5-12-27(28)24(29)17-19-14-20-6-3-4-7-21(20)15-19/h3-4,6-9,16,19H,5,10-15,17H2,1-2H3,(H,26,32). The first kappa shape index (κ1) is 22.4. The Balaban J connectivity index is 1.27. The summed E-state index contributed by atoms with van der Waals surface area (Å²) in [7, 11) is 3.27. The number of carbonyl (C=O) groups excluding carboxylic acids is 1. The molecular weight excluding hydrogens is 422 g/mol. The third kappa shape index (κ3) is 4.99. The molecule has 1 fully saturated rings. The zero-order chi connectivity index (χ0) is 22.5. The number of amides is 1. The number of thiocarbonyl (C=S) groups is 1. The van der Waals surface area contributed by atoms with Gasteiger partial charge in [0.25, 0.3) is 0 Å². The van der Waals surface area contributed by atoms with Gasteiger partial charge in [-0.3, -0.25) is 14.8 Å². The van der Waals surface area contributed by atoms with Crippen molar-refractivity contribution in [3.05, 3.63) is 59.2 Å². The molecule has 2 aromatic rings. The predicted octanol–water partition coefficient (Wildman–Crippen LogP) is 3.38. The number of ether oxygens (including phenoxy) is 2. The number of methoxy groups -OCH3 is 2. The molecule has 0 aromatic heterocycles. The first-order valence-electron chi connectivity index (χ1n) is 11.2. The van der Waals surface area contributed by atoms with Crippen molar-refractivity contribution in [2.75, 3.05) is 33.9 Å². The van der Waals surface area contributed by atoms with Crippen LogP contribution < -0.4 is 14.8 Å². The van der Waals surface area contributed by atoms with Crippen LogP contribution in [0.2, 0.25) is 0 Å². The quantitative estimate of drug-likeness (QED) is 0.649. The van der Waals surface area contributed by atoms with E-state index in [-0.39, 0.29) is 5.91 Å². The van der Waals surface area contributed by atoms with Crippen molar-refractivity contribution >= 4 is 23.2 Å². The van der Waals surface area contributed by atoms with Crippen LogP contribution in [0.5, 0.6) is 11.5 Å². The highest BCUT2D eigenvalue weighted by Crippen LogP contribution is 2.30. The lowest BCUT2D eigenvalue weighted by Crippen LogP contribution is -2.49. The lowest BCUT2D eigenvalue weighted by Gasteiger charge is -2.31. The van der Waals surface area contributed by atoms with E-state index in [0.29, 0.717) is 24.0 Å². The maximum atomic E-state index is 13.1. The van der Waals surface area contributed by atoms with E-state index in [1.165, 1.54) is 11.1 Å². The van der Waals surface area contributed by atoms with Crippen LogP contribution in [-0.2, 0) is 24.1 Å². The average molecular weight is 454 g/mol. The van der Waals surface area contributed by atoms with Gasteiger partial charge < -0.3 is 14.8 Å². The maximum absolute atomic E-state index is 13.1. The SMILES string of the molecule is COc1ccc(CCNC(=S)N2CCCN2C(=O)CC2Cc3ccccc3C2)cc1OC. The molecule has 2 aliphatic rings. The number of hydrazine groups is 1. The van der Waals surface area contributed by atoms with E-state index in [4.69, 9.17) is 21.7 Å². The van der Waals surface area contributed by atoms with Crippen molar-refractivity contribution in [2.24, 2.45) is 5.92 Å². The summed E-state index contributed by atoms with van der Waals surface area (Å²) in [6.07, 6.45) is 4.28. The first-order chi connectivity index (χ1) is 15.6. The van der Waals surface area contributed by atoms with Crippen LogP contribution in [0.4, 0.5) is 0 Å². The maximum Gasteiger partial charge on any atom is 0.241 e. The molecule has 1 heterocycles. The third-order valence-corrected chi connectivity index (χ3v) is 6.65. The molecule has 32 heavy (non-hydrogen) atoms. The summed E-state index contributed by atoms with van der Waals surface area (Å²) >= 11 is 5.63. The van der Waals surface area contributed by atoms with E-state index in [9.17, 15) is 4.79 Å². The van der Waals surface area contributed by atoms with Gasteiger partial charge in [-0.25, -0.2) is 0 Å². The molecule has 0 spiro atoms. The second-order valence-corrected chi connectivity index (χ2v) is 8.80. The number of carbonyl (C=O) groups is 1. The molecule has 0 unspecified atom stereocenters. The molecule has 1 saturated heterocycles. The van der Waals surface area contributed by atoms with Crippen molar-refractivity contribution in [3.8, 4) is 11.5 Å². The molecular formula is C25H31N3O3S. The Morgan fingerprint density at radius 3 is 2.41 bits per heavy atom. The van der Waals surface area contributed by atoms with Gasteiger partial charge in [0.2, 0.25) is 5.91 Å². The fourth-order valence-corrected chi connectivity index (χ4v) is 4.96. The molecule has 1 aliphatic carbocycles. The number of hydrogen-bond acceptors (Lipinski definition) is 4. The Morgan fingerprint density at radius 1 is 1.03 bits per heavy atom. The molecule has 0 radical (unpaired) electrons.